The molecule has 0 bridgehead atoms. The maximum absolute atomic E-state index is 13.5. The summed E-state index contributed by atoms with van der Waals surface area (Å²) in [4.78, 5) is 28.0. The molecular formula is C19H14F2N2O4S. The van der Waals surface area contributed by atoms with Crippen molar-refractivity contribution in [1.82, 2.24) is 4.98 Å². The van der Waals surface area contributed by atoms with E-state index in [9.17, 15) is 18.4 Å². The first-order valence-electron chi connectivity index (χ1n) is 7.98. The van der Waals surface area contributed by atoms with Gasteiger partial charge in [-0.2, -0.15) is 0 Å². The fourth-order valence-electron chi connectivity index (χ4n) is 2.22. The van der Waals surface area contributed by atoms with Crippen LogP contribution < -0.4 is 10.1 Å². The van der Waals surface area contributed by atoms with Gasteiger partial charge in [0.15, 0.2) is 12.3 Å². The molecule has 6 nitrogen and oxygen atoms in total. The van der Waals surface area contributed by atoms with Crippen LogP contribution in [0.15, 0.2) is 47.8 Å². The zero-order valence-electron chi connectivity index (χ0n) is 14.6. The van der Waals surface area contributed by atoms with Gasteiger partial charge in [-0.3, -0.25) is 4.79 Å². The summed E-state index contributed by atoms with van der Waals surface area (Å²) < 4.78 is 36.3. The topological polar surface area (TPSA) is 77.5 Å². The molecule has 144 valence electrons. The number of halogens is 2. The third-order valence-corrected chi connectivity index (χ3v) is 4.48. The number of aromatic nitrogens is 1. The fraction of sp³-hybridized carbons (Fsp3) is 0.105. The van der Waals surface area contributed by atoms with Crippen LogP contribution in [0.1, 0.15) is 10.5 Å². The number of amides is 1. The zero-order chi connectivity index (χ0) is 20.1. The number of carbonyl (C=O) groups excluding carboxylic acids is 2. The van der Waals surface area contributed by atoms with Crippen molar-refractivity contribution in [3.8, 4) is 16.3 Å². The Balaban J connectivity index is 1.57. The lowest BCUT2D eigenvalue weighted by atomic mass is 10.2. The Bertz CT molecular complexity index is 1010. The van der Waals surface area contributed by atoms with Crippen molar-refractivity contribution >= 4 is 28.9 Å². The third-order valence-electron chi connectivity index (χ3n) is 3.59. The van der Waals surface area contributed by atoms with Crippen molar-refractivity contribution in [2.24, 2.45) is 0 Å². The minimum atomic E-state index is -0.927. The number of esters is 1. The summed E-state index contributed by atoms with van der Waals surface area (Å²) in [6.07, 6.45) is 0. The highest BCUT2D eigenvalue weighted by Gasteiger charge is 2.16. The molecule has 3 aromatic rings. The number of carbonyl (C=O) groups is 2. The average molecular weight is 404 g/mol. The van der Waals surface area contributed by atoms with Crippen LogP contribution in [0.3, 0.4) is 0 Å². The highest BCUT2D eigenvalue weighted by Crippen LogP contribution is 2.26. The largest absolute Gasteiger partial charge is 0.497 e. The Hall–Kier alpha value is -3.33. The Morgan fingerprint density at radius 2 is 1.89 bits per heavy atom. The van der Waals surface area contributed by atoms with E-state index in [0.717, 1.165) is 17.7 Å². The molecule has 1 aromatic heterocycles. The van der Waals surface area contributed by atoms with Gasteiger partial charge in [0.05, 0.1) is 12.8 Å². The highest BCUT2D eigenvalue weighted by molar-refractivity contribution is 7.13. The van der Waals surface area contributed by atoms with Gasteiger partial charge >= 0.3 is 5.97 Å². The summed E-state index contributed by atoms with van der Waals surface area (Å²) in [5.74, 6) is -2.54. The molecule has 0 atom stereocenters. The van der Waals surface area contributed by atoms with Gasteiger partial charge in [-0.1, -0.05) is 0 Å². The molecule has 9 heteroatoms. The number of hydrogen-bond acceptors (Lipinski definition) is 6. The van der Waals surface area contributed by atoms with Crippen LogP contribution in [-0.4, -0.2) is 30.6 Å². The molecule has 1 heterocycles. The molecule has 0 fully saturated rings. The van der Waals surface area contributed by atoms with Crippen molar-refractivity contribution in [3.05, 3.63) is 65.2 Å². The van der Waals surface area contributed by atoms with E-state index < -0.39 is 30.1 Å². The molecule has 0 saturated carbocycles. The standard InChI is InChI=1S/C19H14F2N2O4S/c1-26-13-5-2-11(3-6-13)18-23-16(10-28-18)19(25)27-9-17(24)22-15-7-4-12(20)8-14(15)21/h2-8,10H,9H2,1H3,(H,22,24). The van der Waals surface area contributed by atoms with E-state index in [-0.39, 0.29) is 11.4 Å². The average Bonchev–Trinajstić information content (AvgIpc) is 3.19. The summed E-state index contributed by atoms with van der Waals surface area (Å²) in [6, 6.07) is 9.86. The number of thiazole rings is 1. The lowest BCUT2D eigenvalue weighted by Crippen LogP contribution is -2.21. The zero-order valence-corrected chi connectivity index (χ0v) is 15.4. The lowest BCUT2D eigenvalue weighted by molar-refractivity contribution is -0.119. The predicted octanol–water partition coefficient (Wildman–Crippen LogP) is 3.89. The predicted molar refractivity (Wildman–Crippen MR) is 99.4 cm³/mol. The first-order valence-corrected chi connectivity index (χ1v) is 8.86. The van der Waals surface area contributed by atoms with Crippen LogP contribution in [0, 0.1) is 11.6 Å². The van der Waals surface area contributed by atoms with E-state index in [1.54, 1.807) is 31.4 Å². The molecule has 3 rings (SSSR count). The summed E-state index contributed by atoms with van der Waals surface area (Å²) in [5, 5.41) is 4.32. The first kappa shape index (κ1) is 19.4. The number of methoxy groups -OCH3 is 1. The second kappa shape index (κ2) is 8.57. The van der Waals surface area contributed by atoms with E-state index in [0.29, 0.717) is 16.8 Å². The van der Waals surface area contributed by atoms with Crippen LogP contribution >= 0.6 is 11.3 Å². The molecule has 1 N–H and O–H groups in total. The quantitative estimate of drug-likeness (QED) is 0.631. The Labute approximate surface area is 162 Å². The number of anilines is 1. The lowest BCUT2D eigenvalue weighted by Gasteiger charge is -2.06. The van der Waals surface area contributed by atoms with E-state index in [1.807, 2.05) is 0 Å². The third kappa shape index (κ3) is 4.68. The number of nitrogens with zero attached hydrogens (tertiary/aromatic N) is 1. The van der Waals surface area contributed by atoms with E-state index in [1.165, 1.54) is 16.7 Å². The van der Waals surface area contributed by atoms with Gasteiger partial charge in [-0.05, 0) is 36.4 Å². The number of benzene rings is 2. The minimum Gasteiger partial charge on any atom is -0.497 e. The Kier molecular flexibility index (Phi) is 5.95. The molecule has 0 spiro atoms. The van der Waals surface area contributed by atoms with E-state index in [4.69, 9.17) is 9.47 Å². The van der Waals surface area contributed by atoms with E-state index in [2.05, 4.69) is 10.3 Å². The van der Waals surface area contributed by atoms with Gasteiger partial charge in [0.25, 0.3) is 5.91 Å². The summed E-state index contributed by atoms with van der Waals surface area (Å²) in [5.41, 5.74) is 0.642. The molecule has 0 saturated heterocycles. The minimum absolute atomic E-state index is 0.0524. The van der Waals surface area contributed by atoms with Crippen molar-refractivity contribution < 1.29 is 27.8 Å². The smallest absolute Gasteiger partial charge is 0.358 e. The molecule has 28 heavy (non-hydrogen) atoms. The maximum Gasteiger partial charge on any atom is 0.358 e. The van der Waals surface area contributed by atoms with Gasteiger partial charge in [0.2, 0.25) is 0 Å². The van der Waals surface area contributed by atoms with E-state index >= 15 is 0 Å². The number of nitrogens with one attached hydrogen (secondary N) is 1. The van der Waals surface area contributed by atoms with Crippen molar-refractivity contribution in [2.45, 2.75) is 0 Å². The summed E-state index contributed by atoms with van der Waals surface area (Å²) >= 11 is 1.25. The number of hydrogen-bond donors (Lipinski definition) is 1. The van der Waals surface area contributed by atoms with Gasteiger partial charge < -0.3 is 14.8 Å². The Morgan fingerprint density at radius 3 is 2.57 bits per heavy atom. The molecular weight excluding hydrogens is 390 g/mol. The second-order valence-corrected chi connectivity index (χ2v) is 6.37. The molecule has 0 aliphatic heterocycles. The van der Waals surface area contributed by atoms with Crippen LogP contribution in [-0.2, 0) is 9.53 Å². The van der Waals surface area contributed by atoms with Gasteiger partial charge in [0, 0.05) is 17.0 Å². The number of ether oxygens (including phenoxy) is 2. The van der Waals surface area contributed by atoms with Crippen LogP contribution in [0.2, 0.25) is 0 Å². The van der Waals surface area contributed by atoms with Crippen molar-refractivity contribution in [3.63, 3.8) is 0 Å². The normalized spacial score (nSPS) is 10.4. The van der Waals surface area contributed by atoms with Gasteiger partial charge in [-0.25, -0.2) is 18.6 Å². The summed E-state index contributed by atoms with van der Waals surface area (Å²) in [7, 11) is 1.56. The molecule has 0 aliphatic rings. The molecule has 1 amide bonds. The van der Waals surface area contributed by atoms with Crippen LogP contribution in [0.5, 0.6) is 5.75 Å². The number of rotatable bonds is 6. The van der Waals surface area contributed by atoms with Crippen molar-refractivity contribution in [2.75, 3.05) is 19.0 Å². The van der Waals surface area contributed by atoms with Crippen LogP contribution in [0.25, 0.3) is 10.6 Å². The van der Waals surface area contributed by atoms with Crippen LogP contribution in [0.4, 0.5) is 14.5 Å². The molecule has 0 unspecified atom stereocenters. The maximum atomic E-state index is 13.5. The SMILES string of the molecule is COc1ccc(-c2nc(C(=O)OCC(=O)Nc3ccc(F)cc3F)cs2)cc1. The Morgan fingerprint density at radius 1 is 1.14 bits per heavy atom. The first-order chi connectivity index (χ1) is 13.5. The second-order valence-electron chi connectivity index (χ2n) is 5.51. The van der Waals surface area contributed by atoms with Gasteiger partial charge in [0.1, 0.15) is 22.4 Å². The molecule has 0 radical (unpaired) electrons. The fourth-order valence-corrected chi connectivity index (χ4v) is 3.01. The molecule has 2 aromatic carbocycles. The highest BCUT2D eigenvalue weighted by atomic mass is 32.1. The summed E-state index contributed by atoms with van der Waals surface area (Å²) in [6.45, 7) is -0.634. The monoisotopic (exact) mass is 404 g/mol. The van der Waals surface area contributed by atoms with Gasteiger partial charge in [-0.15, -0.1) is 11.3 Å². The molecule has 0 aliphatic carbocycles. The van der Waals surface area contributed by atoms with Crippen molar-refractivity contribution in [1.29, 1.82) is 0 Å².